The zero-order chi connectivity index (χ0) is 12.4. The molecule has 17 heavy (non-hydrogen) atoms. The Morgan fingerprint density at radius 1 is 1.47 bits per heavy atom. The monoisotopic (exact) mass is 234 g/mol. The SMILES string of the molecule is CC1CC(NC(=O)c2ccnc(C(=O)O)c2)C1. The van der Waals surface area contributed by atoms with E-state index in [1.807, 2.05) is 0 Å². The van der Waals surface area contributed by atoms with Gasteiger partial charge in [-0.15, -0.1) is 0 Å². The van der Waals surface area contributed by atoms with Crippen LogP contribution < -0.4 is 5.32 Å². The van der Waals surface area contributed by atoms with Crippen LogP contribution in [0.15, 0.2) is 18.3 Å². The molecule has 1 aromatic rings. The molecule has 5 nitrogen and oxygen atoms in total. The molecule has 2 rings (SSSR count). The number of hydrogen-bond acceptors (Lipinski definition) is 3. The Hall–Kier alpha value is -1.91. The molecule has 0 aliphatic heterocycles. The predicted octanol–water partition coefficient (Wildman–Crippen LogP) is 1.31. The highest BCUT2D eigenvalue weighted by Crippen LogP contribution is 2.26. The highest BCUT2D eigenvalue weighted by molar-refractivity contribution is 5.96. The van der Waals surface area contributed by atoms with Crippen LogP contribution in [-0.2, 0) is 0 Å². The lowest BCUT2D eigenvalue weighted by atomic mass is 9.82. The maximum atomic E-state index is 11.8. The fourth-order valence-electron chi connectivity index (χ4n) is 1.98. The molecular formula is C12H14N2O3. The largest absolute Gasteiger partial charge is 0.477 e. The maximum Gasteiger partial charge on any atom is 0.354 e. The van der Waals surface area contributed by atoms with E-state index < -0.39 is 5.97 Å². The molecule has 1 aliphatic rings. The summed E-state index contributed by atoms with van der Waals surface area (Å²) < 4.78 is 0. The molecule has 1 aromatic heterocycles. The van der Waals surface area contributed by atoms with Gasteiger partial charge in [0.1, 0.15) is 5.69 Å². The summed E-state index contributed by atoms with van der Waals surface area (Å²) in [6.45, 7) is 2.14. The summed E-state index contributed by atoms with van der Waals surface area (Å²) in [7, 11) is 0. The summed E-state index contributed by atoms with van der Waals surface area (Å²) >= 11 is 0. The number of carbonyl (C=O) groups excluding carboxylic acids is 1. The van der Waals surface area contributed by atoms with Gasteiger partial charge < -0.3 is 10.4 Å². The van der Waals surface area contributed by atoms with Gasteiger partial charge in [0.25, 0.3) is 5.91 Å². The van der Waals surface area contributed by atoms with E-state index in [1.165, 1.54) is 18.3 Å². The van der Waals surface area contributed by atoms with E-state index in [2.05, 4.69) is 17.2 Å². The Bertz CT molecular complexity index is 453. The van der Waals surface area contributed by atoms with Gasteiger partial charge in [-0.25, -0.2) is 9.78 Å². The van der Waals surface area contributed by atoms with Gasteiger partial charge in [0.2, 0.25) is 0 Å². The molecule has 0 saturated heterocycles. The van der Waals surface area contributed by atoms with Gasteiger partial charge in [-0.1, -0.05) is 6.92 Å². The number of nitrogens with one attached hydrogen (secondary N) is 1. The van der Waals surface area contributed by atoms with Crippen LogP contribution in [0.4, 0.5) is 0 Å². The minimum absolute atomic E-state index is 0.111. The number of aromatic carboxylic acids is 1. The zero-order valence-electron chi connectivity index (χ0n) is 9.51. The Balaban J connectivity index is 2.03. The van der Waals surface area contributed by atoms with Crippen LogP contribution in [0.25, 0.3) is 0 Å². The van der Waals surface area contributed by atoms with E-state index >= 15 is 0 Å². The summed E-state index contributed by atoms with van der Waals surface area (Å²) in [4.78, 5) is 26.2. The number of carbonyl (C=O) groups is 2. The average Bonchev–Trinajstić information content (AvgIpc) is 2.27. The van der Waals surface area contributed by atoms with E-state index in [4.69, 9.17) is 5.11 Å². The summed E-state index contributed by atoms with van der Waals surface area (Å²) in [6, 6.07) is 3.03. The Labute approximate surface area is 98.9 Å². The van der Waals surface area contributed by atoms with E-state index in [1.54, 1.807) is 0 Å². The molecule has 1 saturated carbocycles. The van der Waals surface area contributed by atoms with Crippen molar-refractivity contribution in [3.63, 3.8) is 0 Å². The minimum atomic E-state index is -1.13. The van der Waals surface area contributed by atoms with Crippen LogP contribution >= 0.6 is 0 Å². The third kappa shape index (κ3) is 2.61. The van der Waals surface area contributed by atoms with E-state index in [-0.39, 0.29) is 17.6 Å². The topological polar surface area (TPSA) is 79.3 Å². The van der Waals surface area contributed by atoms with Crippen molar-refractivity contribution in [2.75, 3.05) is 0 Å². The van der Waals surface area contributed by atoms with Gasteiger partial charge in [-0.3, -0.25) is 4.79 Å². The smallest absolute Gasteiger partial charge is 0.354 e. The molecule has 0 bridgehead atoms. The first-order chi connectivity index (χ1) is 8.06. The van der Waals surface area contributed by atoms with Gasteiger partial charge in [0.05, 0.1) is 0 Å². The quantitative estimate of drug-likeness (QED) is 0.826. The predicted molar refractivity (Wildman–Crippen MR) is 60.8 cm³/mol. The zero-order valence-corrected chi connectivity index (χ0v) is 9.51. The minimum Gasteiger partial charge on any atom is -0.477 e. The lowest BCUT2D eigenvalue weighted by molar-refractivity contribution is 0.0690. The molecular weight excluding hydrogens is 220 g/mol. The second-order valence-electron chi connectivity index (χ2n) is 4.48. The maximum absolute atomic E-state index is 11.8. The standard InChI is InChI=1S/C12H14N2O3/c1-7-4-9(5-7)14-11(15)8-2-3-13-10(6-8)12(16)17/h2-3,6-7,9H,4-5H2,1H3,(H,14,15)(H,16,17). The van der Waals surface area contributed by atoms with E-state index in [0.717, 1.165) is 12.8 Å². The lowest BCUT2D eigenvalue weighted by Crippen LogP contribution is -2.43. The van der Waals surface area contributed by atoms with Crippen molar-refractivity contribution in [3.05, 3.63) is 29.6 Å². The Morgan fingerprint density at radius 2 is 2.18 bits per heavy atom. The van der Waals surface area contributed by atoms with E-state index in [0.29, 0.717) is 11.5 Å². The van der Waals surface area contributed by atoms with Gasteiger partial charge >= 0.3 is 5.97 Å². The number of amides is 1. The molecule has 1 aliphatic carbocycles. The second kappa shape index (κ2) is 4.53. The van der Waals surface area contributed by atoms with Crippen LogP contribution in [-0.4, -0.2) is 28.0 Å². The molecule has 1 amide bonds. The number of carboxylic acids is 1. The molecule has 1 heterocycles. The molecule has 0 spiro atoms. The molecule has 1 fully saturated rings. The van der Waals surface area contributed by atoms with Crippen molar-refractivity contribution in [2.45, 2.75) is 25.8 Å². The third-order valence-electron chi connectivity index (χ3n) is 2.95. The number of aromatic nitrogens is 1. The molecule has 0 atom stereocenters. The third-order valence-corrected chi connectivity index (χ3v) is 2.95. The number of hydrogen-bond donors (Lipinski definition) is 2. The van der Waals surface area contributed by atoms with Crippen molar-refractivity contribution >= 4 is 11.9 Å². The van der Waals surface area contributed by atoms with Crippen LogP contribution in [0.1, 0.15) is 40.6 Å². The number of carboxylic acid groups (broad SMARTS) is 1. The molecule has 0 unspecified atom stereocenters. The van der Waals surface area contributed by atoms with Crippen molar-refractivity contribution < 1.29 is 14.7 Å². The van der Waals surface area contributed by atoms with Crippen molar-refractivity contribution in [1.29, 1.82) is 0 Å². The number of nitrogens with zero attached hydrogens (tertiary/aromatic N) is 1. The second-order valence-corrected chi connectivity index (χ2v) is 4.48. The molecule has 90 valence electrons. The molecule has 0 aromatic carbocycles. The first kappa shape index (κ1) is 11.6. The average molecular weight is 234 g/mol. The van der Waals surface area contributed by atoms with Crippen LogP contribution in [0.2, 0.25) is 0 Å². The van der Waals surface area contributed by atoms with Gasteiger partial charge in [-0.2, -0.15) is 0 Å². The number of rotatable bonds is 3. The molecule has 0 radical (unpaired) electrons. The van der Waals surface area contributed by atoms with Crippen LogP contribution in [0.3, 0.4) is 0 Å². The summed E-state index contributed by atoms with van der Waals surface area (Å²) in [5.74, 6) is -0.698. The van der Waals surface area contributed by atoms with Crippen molar-refractivity contribution in [1.82, 2.24) is 10.3 Å². The highest BCUT2D eigenvalue weighted by atomic mass is 16.4. The summed E-state index contributed by atoms with van der Waals surface area (Å²) in [5, 5.41) is 11.6. The van der Waals surface area contributed by atoms with Gasteiger partial charge in [-0.05, 0) is 30.9 Å². The fraction of sp³-hybridized carbons (Fsp3) is 0.417. The highest BCUT2D eigenvalue weighted by Gasteiger charge is 2.27. The van der Waals surface area contributed by atoms with Crippen LogP contribution in [0, 0.1) is 5.92 Å². The Kier molecular flexibility index (Phi) is 3.08. The van der Waals surface area contributed by atoms with Crippen molar-refractivity contribution in [3.8, 4) is 0 Å². The van der Waals surface area contributed by atoms with Gasteiger partial charge in [0.15, 0.2) is 0 Å². The summed E-state index contributed by atoms with van der Waals surface area (Å²) in [5.41, 5.74) is 0.233. The Morgan fingerprint density at radius 3 is 2.76 bits per heavy atom. The lowest BCUT2D eigenvalue weighted by Gasteiger charge is -2.33. The van der Waals surface area contributed by atoms with E-state index in [9.17, 15) is 9.59 Å². The first-order valence-electron chi connectivity index (χ1n) is 5.56. The normalized spacial score (nSPS) is 22.6. The van der Waals surface area contributed by atoms with Gasteiger partial charge in [0, 0.05) is 17.8 Å². The van der Waals surface area contributed by atoms with Crippen LogP contribution in [0.5, 0.6) is 0 Å². The fourth-order valence-corrected chi connectivity index (χ4v) is 1.98. The molecule has 2 N–H and O–H groups in total. The molecule has 5 heteroatoms. The first-order valence-corrected chi connectivity index (χ1v) is 5.56. The number of pyridine rings is 1. The van der Waals surface area contributed by atoms with Crippen molar-refractivity contribution in [2.24, 2.45) is 5.92 Å². The summed E-state index contributed by atoms with van der Waals surface area (Å²) in [6.07, 6.45) is 3.31.